The van der Waals surface area contributed by atoms with Crippen LogP contribution in [0.2, 0.25) is 5.02 Å². The van der Waals surface area contributed by atoms with Gasteiger partial charge < -0.3 is 5.32 Å². The number of hydrogen-bond acceptors (Lipinski definition) is 4. The van der Waals surface area contributed by atoms with Crippen LogP contribution < -0.4 is 5.32 Å². The van der Waals surface area contributed by atoms with E-state index < -0.39 is 4.92 Å². The van der Waals surface area contributed by atoms with Gasteiger partial charge in [0, 0.05) is 18.0 Å². The molecule has 1 aromatic carbocycles. The predicted octanol–water partition coefficient (Wildman–Crippen LogP) is 3.99. The van der Waals surface area contributed by atoms with Crippen molar-refractivity contribution in [3.63, 3.8) is 0 Å². The van der Waals surface area contributed by atoms with Gasteiger partial charge in [0.05, 0.1) is 9.95 Å². The Morgan fingerprint density at radius 1 is 1.50 bits per heavy atom. The number of amides is 1. The Labute approximate surface area is 124 Å². The number of carbonyl (C=O) groups is 1. The highest BCUT2D eigenvalue weighted by Crippen LogP contribution is 2.39. The summed E-state index contributed by atoms with van der Waals surface area (Å²) >= 11 is 7.23. The number of fused-ring (bicyclic) bond motifs is 1. The fourth-order valence-corrected chi connectivity index (χ4v) is 3.33. The summed E-state index contributed by atoms with van der Waals surface area (Å²) in [5, 5.41) is 14.6. The first kappa shape index (κ1) is 14.7. The van der Waals surface area contributed by atoms with E-state index in [2.05, 4.69) is 5.32 Å². The lowest BCUT2D eigenvalue weighted by molar-refractivity contribution is -0.382. The highest BCUT2D eigenvalue weighted by molar-refractivity contribution is 7.22. The Hall–Kier alpha value is -1.66. The molecule has 1 amide bonds. The maximum absolute atomic E-state index is 12.0. The first-order chi connectivity index (χ1) is 9.56. The number of hydrogen-bond donors (Lipinski definition) is 1. The molecule has 0 radical (unpaired) electrons. The molecular formula is C13H13ClN2O3S. The van der Waals surface area contributed by atoms with Crippen LogP contribution in [0.1, 0.15) is 29.4 Å². The summed E-state index contributed by atoms with van der Waals surface area (Å²) in [6, 6.07) is 4.66. The van der Waals surface area contributed by atoms with E-state index >= 15 is 0 Å². The molecule has 0 spiro atoms. The first-order valence-corrected chi connectivity index (χ1v) is 7.39. The number of benzene rings is 1. The van der Waals surface area contributed by atoms with Gasteiger partial charge in [-0.1, -0.05) is 37.1 Å². The van der Waals surface area contributed by atoms with Gasteiger partial charge in [0.2, 0.25) is 0 Å². The molecule has 1 aromatic heterocycles. The summed E-state index contributed by atoms with van der Waals surface area (Å²) in [6.07, 6.45) is 1.86. The minimum Gasteiger partial charge on any atom is -0.351 e. The number of unbranched alkanes of at least 4 members (excludes halogenated alkanes) is 1. The van der Waals surface area contributed by atoms with E-state index in [4.69, 9.17) is 11.6 Å². The van der Waals surface area contributed by atoms with Crippen LogP contribution >= 0.6 is 22.9 Å². The van der Waals surface area contributed by atoms with Gasteiger partial charge in [0.1, 0.15) is 9.58 Å². The Kier molecular flexibility index (Phi) is 4.57. The highest BCUT2D eigenvalue weighted by atomic mass is 35.5. The average Bonchev–Trinajstić information content (AvgIpc) is 2.76. The van der Waals surface area contributed by atoms with Crippen LogP contribution in [-0.4, -0.2) is 17.4 Å². The van der Waals surface area contributed by atoms with Crippen LogP contribution in [0.25, 0.3) is 10.1 Å². The molecule has 0 saturated heterocycles. The van der Waals surface area contributed by atoms with Crippen LogP contribution in [0.3, 0.4) is 0 Å². The van der Waals surface area contributed by atoms with Crippen LogP contribution in [0.4, 0.5) is 5.69 Å². The quantitative estimate of drug-likeness (QED) is 0.515. The number of carbonyl (C=O) groups excluding carboxylic acids is 1. The van der Waals surface area contributed by atoms with Gasteiger partial charge in [0.25, 0.3) is 11.6 Å². The van der Waals surface area contributed by atoms with Gasteiger partial charge in [-0.2, -0.15) is 0 Å². The SMILES string of the molecule is CCCCNC(=O)c1sc2c([N+](=O)[O-])cccc2c1Cl. The number of nitro groups is 1. The van der Waals surface area contributed by atoms with Crippen molar-refractivity contribution in [3.05, 3.63) is 38.2 Å². The van der Waals surface area contributed by atoms with Crippen LogP contribution in [0, 0.1) is 10.1 Å². The number of thiophene rings is 1. The molecule has 0 aliphatic rings. The van der Waals surface area contributed by atoms with E-state index in [0.717, 1.165) is 24.2 Å². The van der Waals surface area contributed by atoms with Crippen molar-refractivity contribution in [1.29, 1.82) is 0 Å². The number of nitrogens with one attached hydrogen (secondary N) is 1. The topological polar surface area (TPSA) is 72.2 Å². The van der Waals surface area contributed by atoms with Crippen molar-refractivity contribution >= 4 is 44.6 Å². The van der Waals surface area contributed by atoms with Crippen molar-refractivity contribution in [3.8, 4) is 0 Å². The zero-order valence-electron chi connectivity index (χ0n) is 10.8. The summed E-state index contributed by atoms with van der Waals surface area (Å²) in [5.74, 6) is -0.279. The Balaban J connectivity index is 2.40. The van der Waals surface area contributed by atoms with Gasteiger partial charge in [-0.25, -0.2) is 0 Å². The van der Waals surface area contributed by atoms with E-state index in [0.29, 0.717) is 21.5 Å². The monoisotopic (exact) mass is 312 g/mol. The fraction of sp³-hybridized carbons (Fsp3) is 0.308. The second-order valence-electron chi connectivity index (χ2n) is 4.27. The highest BCUT2D eigenvalue weighted by Gasteiger charge is 2.22. The molecule has 0 saturated carbocycles. The molecule has 0 aliphatic heterocycles. The van der Waals surface area contributed by atoms with Crippen LogP contribution in [0.5, 0.6) is 0 Å². The smallest absolute Gasteiger partial charge is 0.287 e. The van der Waals surface area contributed by atoms with Gasteiger partial charge >= 0.3 is 0 Å². The minimum atomic E-state index is -0.464. The van der Waals surface area contributed by atoms with Crippen molar-refractivity contribution < 1.29 is 9.72 Å². The molecule has 0 aliphatic carbocycles. The predicted molar refractivity (Wildman–Crippen MR) is 80.7 cm³/mol. The largest absolute Gasteiger partial charge is 0.351 e. The van der Waals surface area contributed by atoms with Crippen molar-refractivity contribution in [2.45, 2.75) is 19.8 Å². The van der Waals surface area contributed by atoms with Crippen molar-refractivity contribution in [1.82, 2.24) is 5.32 Å². The average molecular weight is 313 g/mol. The molecule has 106 valence electrons. The second kappa shape index (κ2) is 6.19. The Morgan fingerprint density at radius 3 is 2.90 bits per heavy atom. The van der Waals surface area contributed by atoms with E-state index in [1.54, 1.807) is 12.1 Å². The van der Waals surface area contributed by atoms with E-state index in [1.165, 1.54) is 6.07 Å². The van der Waals surface area contributed by atoms with Gasteiger partial charge in [-0.05, 0) is 6.42 Å². The third-order valence-electron chi connectivity index (χ3n) is 2.85. The van der Waals surface area contributed by atoms with E-state index in [-0.39, 0.29) is 16.6 Å². The number of halogens is 1. The fourth-order valence-electron chi connectivity index (χ4n) is 1.82. The lowest BCUT2D eigenvalue weighted by atomic mass is 10.2. The molecule has 0 atom stereocenters. The molecule has 1 N–H and O–H groups in total. The molecule has 0 fully saturated rings. The summed E-state index contributed by atoms with van der Waals surface area (Å²) in [6.45, 7) is 2.60. The third-order valence-corrected chi connectivity index (χ3v) is 4.58. The molecule has 1 heterocycles. The lowest BCUT2D eigenvalue weighted by Crippen LogP contribution is -2.23. The molecule has 20 heavy (non-hydrogen) atoms. The summed E-state index contributed by atoms with van der Waals surface area (Å²) in [7, 11) is 0. The summed E-state index contributed by atoms with van der Waals surface area (Å²) in [4.78, 5) is 22.9. The summed E-state index contributed by atoms with van der Waals surface area (Å²) in [5.41, 5.74) is -0.0259. The number of non-ortho nitro benzene ring substituents is 1. The van der Waals surface area contributed by atoms with Crippen LogP contribution in [-0.2, 0) is 0 Å². The van der Waals surface area contributed by atoms with Crippen LogP contribution in [0.15, 0.2) is 18.2 Å². The maximum atomic E-state index is 12.0. The summed E-state index contributed by atoms with van der Waals surface area (Å²) < 4.78 is 0.433. The molecular weight excluding hydrogens is 300 g/mol. The van der Waals surface area contributed by atoms with Gasteiger partial charge in [-0.15, -0.1) is 11.3 Å². The van der Waals surface area contributed by atoms with E-state index in [9.17, 15) is 14.9 Å². The van der Waals surface area contributed by atoms with Gasteiger partial charge in [-0.3, -0.25) is 14.9 Å². The number of rotatable bonds is 5. The lowest BCUT2D eigenvalue weighted by Gasteiger charge is -2.01. The molecule has 5 nitrogen and oxygen atoms in total. The molecule has 0 bridgehead atoms. The third kappa shape index (κ3) is 2.76. The zero-order valence-corrected chi connectivity index (χ0v) is 12.4. The zero-order chi connectivity index (χ0) is 14.7. The second-order valence-corrected chi connectivity index (χ2v) is 5.66. The van der Waals surface area contributed by atoms with Crippen molar-refractivity contribution in [2.24, 2.45) is 0 Å². The molecule has 2 aromatic rings. The van der Waals surface area contributed by atoms with Crippen molar-refractivity contribution in [2.75, 3.05) is 6.54 Å². The molecule has 7 heteroatoms. The van der Waals surface area contributed by atoms with E-state index in [1.807, 2.05) is 6.92 Å². The molecule has 2 rings (SSSR count). The Bertz CT molecular complexity index is 669. The number of nitrogens with zero attached hydrogens (tertiary/aromatic N) is 1. The maximum Gasteiger partial charge on any atom is 0.287 e. The minimum absolute atomic E-state index is 0.0259. The molecule has 0 unspecified atom stereocenters. The van der Waals surface area contributed by atoms with Gasteiger partial charge in [0.15, 0.2) is 0 Å². The first-order valence-electron chi connectivity index (χ1n) is 6.19. The normalized spacial score (nSPS) is 10.7. The number of nitro benzene ring substituents is 1. The Morgan fingerprint density at radius 2 is 2.25 bits per heavy atom. The standard InChI is InChI=1S/C13H13ClN2O3S/c1-2-3-7-15-13(17)12-10(14)8-5-4-6-9(16(18)19)11(8)20-12/h4-6H,2-3,7H2,1H3,(H,15,17).